The molecule has 1 heterocycles. The van der Waals surface area contributed by atoms with Crippen molar-refractivity contribution in [3.63, 3.8) is 0 Å². The summed E-state index contributed by atoms with van der Waals surface area (Å²) in [5.41, 5.74) is 2.36. The molecule has 0 aromatic heterocycles. The average molecular weight is 367 g/mol. The highest BCUT2D eigenvalue weighted by Crippen LogP contribution is 2.22. The van der Waals surface area contributed by atoms with Crippen molar-refractivity contribution in [1.29, 1.82) is 0 Å². The van der Waals surface area contributed by atoms with Gasteiger partial charge in [-0.25, -0.2) is 0 Å². The van der Waals surface area contributed by atoms with Gasteiger partial charge in [-0.3, -0.25) is 19.8 Å². The maximum atomic E-state index is 12.9. The number of hydrogen-bond donors (Lipinski definition) is 0. The maximum absolute atomic E-state index is 12.9. The summed E-state index contributed by atoms with van der Waals surface area (Å²) in [7, 11) is 0. The lowest BCUT2D eigenvalue weighted by molar-refractivity contribution is -0.385. The van der Waals surface area contributed by atoms with Gasteiger partial charge in [-0.1, -0.05) is 37.3 Å². The molecule has 0 aliphatic carbocycles. The molecule has 0 radical (unpaired) electrons. The predicted molar refractivity (Wildman–Crippen MR) is 105 cm³/mol. The van der Waals surface area contributed by atoms with Crippen LogP contribution < -0.4 is 0 Å². The van der Waals surface area contributed by atoms with Gasteiger partial charge in [0, 0.05) is 49.4 Å². The minimum atomic E-state index is -0.418. The number of hydrogen-bond acceptors (Lipinski definition) is 4. The molecule has 2 aromatic rings. The number of carbonyl (C=O) groups is 1. The Hall–Kier alpha value is -2.73. The molecule has 6 heteroatoms. The monoisotopic (exact) mass is 367 g/mol. The van der Waals surface area contributed by atoms with Crippen LogP contribution in [0.25, 0.3) is 0 Å². The normalized spacial score (nSPS) is 17.7. The molecule has 1 aliphatic heterocycles. The smallest absolute Gasteiger partial charge is 0.272 e. The third-order valence-corrected chi connectivity index (χ3v) is 5.23. The molecule has 0 bridgehead atoms. The van der Waals surface area contributed by atoms with Gasteiger partial charge < -0.3 is 4.90 Å². The van der Waals surface area contributed by atoms with E-state index in [1.807, 2.05) is 23.1 Å². The van der Waals surface area contributed by atoms with Crippen LogP contribution >= 0.6 is 0 Å². The third kappa shape index (κ3) is 4.34. The van der Waals surface area contributed by atoms with Crippen molar-refractivity contribution < 1.29 is 9.72 Å². The van der Waals surface area contributed by atoms with Crippen LogP contribution in [0.2, 0.25) is 0 Å². The fourth-order valence-corrected chi connectivity index (χ4v) is 3.67. The summed E-state index contributed by atoms with van der Waals surface area (Å²) in [6.45, 7) is 6.87. The van der Waals surface area contributed by atoms with Gasteiger partial charge in [-0.2, -0.15) is 0 Å². The van der Waals surface area contributed by atoms with Gasteiger partial charge in [0.1, 0.15) is 0 Å². The van der Waals surface area contributed by atoms with Gasteiger partial charge in [0.05, 0.1) is 4.92 Å². The number of nitro groups is 1. The van der Waals surface area contributed by atoms with E-state index in [-0.39, 0.29) is 11.6 Å². The molecular weight excluding hydrogens is 342 g/mol. The topological polar surface area (TPSA) is 66.7 Å². The van der Waals surface area contributed by atoms with Gasteiger partial charge in [-0.15, -0.1) is 0 Å². The second-order valence-electron chi connectivity index (χ2n) is 7.03. The quantitative estimate of drug-likeness (QED) is 0.598. The summed E-state index contributed by atoms with van der Waals surface area (Å²) in [4.78, 5) is 27.8. The zero-order valence-electron chi connectivity index (χ0n) is 15.8. The highest BCUT2D eigenvalue weighted by Gasteiger charge is 2.29. The van der Waals surface area contributed by atoms with Gasteiger partial charge >= 0.3 is 0 Å². The molecule has 0 spiro atoms. The molecule has 0 unspecified atom stereocenters. The van der Waals surface area contributed by atoms with Crippen LogP contribution in [0.1, 0.15) is 34.8 Å². The van der Waals surface area contributed by atoms with Gasteiger partial charge in [0.2, 0.25) is 0 Å². The number of amides is 1. The van der Waals surface area contributed by atoms with Crippen molar-refractivity contribution in [2.24, 2.45) is 0 Å². The Morgan fingerprint density at radius 2 is 1.93 bits per heavy atom. The summed E-state index contributed by atoms with van der Waals surface area (Å²) in [5, 5.41) is 11.0. The summed E-state index contributed by atoms with van der Waals surface area (Å²) in [5.74, 6) is -0.0502. The Morgan fingerprint density at radius 3 is 2.56 bits per heavy atom. The van der Waals surface area contributed by atoms with Gasteiger partial charge in [0.15, 0.2) is 0 Å². The molecule has 1 atom stereocenters. The van der Waals surface area contributed by atoms with Crippen molar-refractivity contribution in [1.82, 2.24) is 9.80 Å². The second kappa shape index (κ2) is 8.31. The molecule has 27 heavy (non-hydrogen) atoms. The number of nitro benzene ring substituents is 1. The lowest BCUT2D eigenvalue weighted by Crippen LogP contribution is -2.54. The molecule has 142 valence electrons. The highest BCUT2D eigenvalue weighted by molar-refractivity contribution is 5.94. The van der Waals surface area contributed by atoms with E-state index in [4.69, 9.17) is 0 Å². The standard InChI is InChI=1S/C21H25N3O3/c1-3-19-15-23(12-11-22(19)14-17-7-5-4-6-8-17)21(25)18-9-10-20(24(26)27)16(2)13-18/h4-10,13,19H,3,11-12,14-15H2,1-2H3/t19-/m0/s1. The first-order valence-corrected chi connectivity index (χ1v) is 9.32. The van der Waals surface area contributed by atoms with Crippen LogP contribution in [0, 0.1) is 17.0 Å². The van der Waals surface area contributed by atoms with Crippen molar-refractivity contribution in [2.75, 3.05) is 19.6 Å². The van der Waals surface area contributed by atoms with Crippen LogP contribution in [-0.2, 0) is 6.54 Å². The molecule has 1 amide bonds. The lowest BCUT2D eigenvalue weighted by atomic mass is 10.0. The predicted octanol–water partition coefficient (Wildman–Crippen LogP) is 3.64. The Kier molecular flexibility index (Phi) is 5.86. The first-order valence-electron chi connectivity index (χ1n) is 9.32. The number of carbonyl (C=O) groups excluding carboxylic acids is 1. The lowest BCUT2D eigenvalue weighted by Gasteiger charge is -2.41. The Bertz CT molecular complexity index is 823. The SMILES string of the molecule is CC[C@H]1CN(C(=O)c2ccc([N+](=O)[O-])c(C)c2)CCN1Cc1ccccc1. The highest BCUT2D eigenvalue weighted by atomic mass is 16.6. The average Bonchev–Trinajstić information content (AvgIpc) is 2.68. The maximum Gasteiger partial charge on any atom is 0.272 e. The minimum absolute atomic E-state index is 0.0469. The van der Waals surface area contributed by atoms with Crippen molar-refractivity contribution in [2.45, 2.75) is 32.9 Å². The van der Waals surface area contributed by atoms with E-state index >= 15 is 0 Å². The minimum Gasteiger partial charge on any atom is -0.336 e. The Balaban J connectivity index is 1.69. The molecule has 1 fully saturated rings. The largest absolute Gasteiger partial charge is 0.336 e. The fraction of sp³-hybridized carbons (Fsp3) is 0.381. The molecule has 1 saturated heterocycles. The molecule has 0 saturated carbocycles. The van der Waals surface area contributed by atoms with Crippen molar-refractivity contribution in [3.8, 4) is 0 Å². The fourth-order valence-electron chi connectivity index (χ4n) is 3.67. The van der Waals surface area contributed by atoms with E-state index < -0.39 is 4.92 Å². The number of benzene rings is 2. The van der Waals surface area contributed by atoms with E-state index in [0.29, 0.717) is 30.3 Å². The number of aryl methyl sites for hydroxylation is 1. The zero-order valence-corrected chi connectivity index (χ0v) is 15.8. The van der Waals surface area contributed by atoms with Crippen LogP contribution in [0.3, 0.4) is 0 Å². The second-order valence-corrected chi connectivity index (χ2v) is 7.03. The summed E-state index contributed by atoms with van der Waals surface area (Å²) in [6, 6.07) is 15.3. The first kappa shape index (κ1) is 19.0. The van der Waals surface area contributed by atoms with E-state index in [2.05, 4.69) is 24.0 Å². The number of rotatable bonds is 5. The van der Waals surface area contributed by atoms with Gasteiger partial charge in [-0.05, 0) is 31.0 Å². The summed E-state index contributed by atoms with van der Waals surface area (Å²) < 4.78 is 0. The molecule has 1 aliphatic rings. The van der Waals surface area contributed by atoms with E-state index in [1.54, 1.807) is 19.1 Å². The van der Waals surface area contributed by atoms with Gasteiger partial charge in [0.25, 0.3) is 11.6 Å². The molecular formula is C21H25N3O3. The molecule has 3 rings (SSSR count). The van der Waals surface area contributed by atoms with E-state index in [9.17, 15) is 14.9 Å². The summed E-state index contributed by atoms with van der Waals surface area (Å²) in [6.07, 6.45) is 0.968. The molecule has 2 aromatic carbocycles. The molecule has 6 nitrogen and oxygen atoms in total. The molecule has 0 N–H and O–H groups in total. The first-order chi connectivity index (χ1) is 13.0. The Labute approximate surface area is 159 Å². The number of nitrogens with zero attached hydrogens (tertiary/aromatic N) is 3. The van der Waals surface area contributed by atoms with Crippen molar-refractivity contribution in [3.05, 3.63) is 75.3 Å². The van der Waals surface area contributed by atoms with E-state index in [1.165, 1.54) is 11.6 Å². The van der Waals surface area contributed by atoms with E-state index in [0.717, 1.165) is 19.5 Å². The zero-order chi connectivity index (χ0) is 19.4. The van der Waals surface area contributed by atoms with Crippen LogP contribution in [-0.4, -0.2) is 46.3 Å². The third-order valence-electron chi connectivity index (χ3n) is 5.23. The van der Waals surface area contributed by atoms with Crippen molar-refractivity contribution >= 4 is 11.6 Å². The van der Waals surface area contributed by atoms with Crippen LogP contribution in [0.5, 0.6) is 0 Å². The summed E-state index contributed by atoms with van der Waals surface area (Å²) >= 11 is 0. The Morgan fingerprint density at radius 1 is 1.19 bits per heavy atom. The van der Waals surface area contributed by atoms with Crippen LogP contribution in [0.15, 0.2) is 48.5 Å². The number of piperazine rings is 1. The van der Waals surface area contributed by atoms with Crippen LogP contribution in [0.4, 0.5) is 5.69 Å².